The number of fused-ring (bicyclic) bond motifs is 1. The number of hydrogen-bond donors (Lipinski definition) is 1. The summed E-state index contributed by atoms with van der Waals surface area (Å²) in [6.45, 7) is 2.63. The van der Waals surface area contributed by atoms with Crippen molar-refractivity contribution in [2.75, 3.05) is 13.7 Å². The molecule has 0 bridgehead atoms. The number of carbonyl (C=O) groups is 1. The van der Waals surface area contributed by atoms with Crippen molar-refractivity contribution in [3.63, 3.8) is 0 Å². The van der Waals surface area contributed by atoms with Gasteiger partial charge < -0.3 is 14.5 Å². The van der Waals surface area contributed by atoms with Gasteiger partial charge in [0.25, 0.3) is 0 Å². The summed E-state index contributed by atoms with van der Waals surface area (Å²) in [5.41, 5.74) is 3.40. The molecule has 2 aromatic heterocycles. The van der Waals surface area contributed by atoms with Crippen LogP contribution in [0, 0.1) is 0 Å². The smallest absolute Gasteiger partial charge is 0.340 e. The summed E-state index contributed by atoms with van der Waals surface area (Å²) in [7, 11) is 1.36. The second-order valence-electron chi connectivity index (χ2n) is 5.61. The summed E-state index contributed by atoms with van der Waals surface area (Å²) in [5, 5.41) is 0.628. The highest BCUT2D eigenvalue weighted by molar-refractivity contribution is 6.31. The van der Waals surface area contributed by atoms with E-state index >= 15 is 0 Å². The number of nitrogens with one attached hydrogen (secondary N) is 1. The third kappa shape index (κ3) is 3.52. The van der Waals surface area contributed by atoms with E-state index in [4.69, 9.17) is 21.1 Å². The maximum Gasteiger partial charge on any atom is 0.340 e. The van der Waals surface area contributed by atoms with Crippen LogP contribution in [0.3, 0.4) is 0 Å². The number of aromatic nitrogens is 2. The van der Waals surface area contributed by atoms with E-state index in [1.54, 1.807) is 12.3 Å². The van der Waals surface area contributed by atoms with Crippen LogP contribution in [0.4, 0.5) is 0 Å². The minimum Gasteiger partial charge on any atom is -0.465 e. The van der Waals surface area contributed by atoms with Gasteiger partial charge in [0.1, 0.15) is 6.10 Å². The number of carbonyl (C=O) groups excluding carboxylic acids is 1. The molecule has 0 aliphatic rings. The Kier molecular flexibility index (Phi) is 5.36. The molecule has 130 valence electrons. The number of hydrogen-bond acceptors (Lipinski definition) is 4. The number of methoxy groups -OCH3 is 1. The van der Waals surface area contributed by atoms with Gasteiger partial charge in [0, 0.05) is 23.4 Å². The third-order valence-corrected chi connectivity index (χ3v) is 4.25. The zero-order valence-corrected chi connectivity index (χ0v) is 14.8. The standard InChI is InChI=1S/C19H19ClN2O3/c1-3-10-25-18(12-6-4-5-7-14(12)20)16-11-15-17(22-16)13(8-9-21-15)19(23)24-2/h4-9,11,18,22H,3,10H2,1-2H3. The average molecular weight is 359 g/mol. The number of halogens is 1. The van der Waals surface area contributed by atoms with Crippen LogP contribution in [0.2, 0.25) is 5.02 Å². The molecular formula is C19H19ClN2O3. The van der Waals surface area contributed by atoms with E-state index in [1.165, 1.54) is 7.11 Å². The molecule has 0 spiro atoms. The van der Waals surface area contributed by atoms with Crippen LogP contribution < -0.4 is 0 Å². The van der Waals surface area contributed by atoms with Crippen molar-refractivity contribution in [3.05, 3.63) is 64.4 Å². The average Bonchev–Trinajstić information content (AvgIpc) is 3.06. The lowest BCUT2D eigenvalue weighted by molar-refractivity contribution is 0.0602. The van der Waals surface area contributed by atoms with Crippen molar-refractivity contribution in [2.45, 2.75) is 19.4 Å². The molecule has 5 nitrogen and oxygen atoms in total. The predicted molar refractivity (Wildman–Crippen MR) is 97.0 cm³/mol. The Balaban J connectivity index is 2.10. The van der Waals surface area contributed by atoms with Gasteiger partial charge in [0.15, 0.2) is 0 Å². The fourth-order valence-electron chi connectivity index (χ4n) is 2.74. The number of nitrogens with zero attached hydrogens (tertiary/aromatic N) is 1. The van der Waals surface area contributed by atoms with Crippen LogP contribution in [-0.2, 0) is 9.47 Å². The minimum atomic E-state index is -0.412. The van der Waals surface area contributed by atoms with Crippen molar-refractivity contribution in [1.29, 1.82) is 0 Å². The monoisotopic (exact) mass is 358 g/mol. The number of pyridine rings is 1. The number of esters is 1. The second kappa shape index (κ2) is 7.68. The fraction of sp³-hybridized carbons (Fsp3) is 0.263. The van der Waals surface area contributed by atoms with Crippen molar-refractivity contribution >= 4 is 28.6 Å². The predicted octanol–water partition coefficient (Wildman–Crippen LogP) is 4.52. The maximum absolute atomic E-state index is 12.0. The minimum absolute atomic E-state index is 0.367. The highest BCUT2D eigenvalue weighted by Gasteiger charge is 2.22. The molecule has 0 aliphatic carbocycles. The molecule has 0 saturated heterocycles. The van der Waals surface area contributed by atoms with Gasteiger partial charge in [0.05, 0.1) is 29.4 Å². The molecular weight excluding hydrogens is 340 g/mol. The summed E-state index contributed by atoms with van der Waals surface area (Å²) in [4.78, 5) is 19.6. The second-order valence-corrected chi connectivity index (χ2v) is 6.01. The maximum atomic E-state index is 12.0. The highest BCUT2D eigenvalue weighted by Crippen LogP contribution is 2.33. The number of H-pyrrole nitrogens is 1. The molecule has 25 heavy (non-hydrogen) atoms. The van der Waals surface area contributed by atoms with Gasteiger partial charge in [0.2, 0.25) is 0 Å². The topological polar surface area (TPSA) is 64.2 Å². The summed E-state index contributed by atoms with van der Waals surface area (Å²) in [5.74, 6) is -0.412. The summed E-state index contributed by atoms with van der Waals surface area (Å²) < 4.78 is 10.9. The summed E-state index contributed by atoms with van der Waals surface area (Å²) >= 11 is 6.37. The van der Waals surface area contributed by atoms with E-state index in [-0.39, 0.29) is 6.10 Å². The molecule has 1 atom stereocenters. The lowest BCUT2D eigenvalue weighted by Gasteiger charge is -2.18. The van der Waals surface area contributed by atoms with Crippen LogP contribution in [0.15, 0.2) is 42.6 Å². The number of ether oxygens (including phenoxy) is 2. The zero-order chi connectivity index (χ0) is 17.8. The van der Waals surface area contributed by atoms with Crippen LogP contribution >= 0.6 is 11.6 Å². The SMILES string of the molecule is CCCOC(c1cc2nccc(C(=O)OC)c2[nH]1)c1ccccc1Cl. The van der Waals surface area contributed by atoms with Crippen molar-refractivity contribution in [2.24, 2.45) is 0 Å². The van der Waals surface area contributed by atoms with E-state index in [1.807, 2.05) is 37.3 Å². The molecule has 0 saturated carbocycles. The van der Waals surface area contributed by atoms with Crippen LogP contribution in [-0.4, -0.2) is 29.7 Å². The summed E-state index contributed by atoms with van der Waals surface area (Å²) in [6, 6.07) is 11.1. The number of aromatic amines is 1. The van der Waals surface area contributed by atoms with E-state index in [0.717, 1.165) is 17.7 Å². The van der Waals surface area contributed by atoms with Gasteiger partial charge >= 0.3 is 5.97 Å². The first-order valence-electron chi connectivity index (χ1n) is 8.07. The van der Waals surface area contributed by atoms with E-state index in [9.17, 15) is 4.79 Å². The molecule has 0 aliphatic heterocycles. The normalized spacial score (nSPS) is 12.3. The molecule has 1 aromatic carbocycles. The molecule has 0 amide bonds. The van der Waals surface area contributed by atoms with E-state index in [2.05, 4.69) is 9.97 Å². The third-order valence-electron chi connectivity index (χ3n) is 3.91. The molecule has 6 heteroatoms. The van der Waals surface area contributed by atoms with Crippen LogP contribution in [0.25, 0.3) is 11.0 Å². The molecule has 0 radical (unpaired) electrons. The molecule has 0 fully saturated rings. The quantitative estimate of drug-likeness (QED) is 0.658. The first-order chi connectivity index (χ1) is 12.2. The first-order valence-corrected chi connectivity index (χ1v) is 8.45. The zero-order valence-electron chi connectivity index (χ0n) is 14.1. The van der Waals surface area contributed by atoms with Gasteiger partial charge in [-0.1, -0.05) is 36.7 Å². The molecule has 1 unspecified atom stereocenters. The van der Waals surface area contributed by atoms with Crippen molar-refractivity contribution in [3.8, 4) is 0 Å². The first kappa shape index (κ1) is 17.5. The summed E-state index contributed by atoms with van der Waals surface area (Å²) in [6.07, 6.45) is 2.10. The van der Waals surface area contributed by atoms with Crippen molar-refractivity contribution < 1.29 is 14.3 Å². The van der Waals surface area contributed by atoms with Crippen molar-refractivity contribution in [1.82, 2.24) is 9.97 Å². The van der Waals surface area contributed by atoms with Crippen LogP contribution in [0.5, 0.6) is 0 Å². The fourth-order valence-corrected chi connectivity index (χ4v) is 2.97. The Hall–Kier alpha value is -2.37. The molecule has 3 rings (SSSR count). The Bertz CT molecular complexity index is 891. The van der Waals surface area contributed by atoms with E-state index in [0.29, 0.717) is 28.2 Å². The Morgan fingerprint density at radius 1 is 1.32 bits per heavy atom. The van der Waals surface area contributed by atoms with Gasteiger partial charge in [-0.25, -0.2) is 4.79 Å². The van der Waals surface area contributed by atoms with Gasteiger partial charge in [-0.05, 0) is 24.6 Å². The molecule has 2 heterocycles. The largest absolute Gasteiger partial charge is 0.465 e. The van der Waals surface area contributed by atoms with Gasteiger partial charge in [-0.2, -0.15) is 0 Å². The molecule has 1 N–H and O–H groups in total. The lowest BCUT2D eigenvalue weighted by Crippen LogP contribution is -2.08. The number of benzene rings is 1. The highest BCUT2D eigenvalue weighted by atomic mass is 35.5. The van der Waals surface area contributed by atoms with E-state index < -0.39 is 5.97 Å². The van der Waals surface area contributed by atoms with Gasteiger partial charge in [-0.15, -0.1) is 0 Å². The molecule has 3 aromatic rings. The van der Waals surface area contributed by atoms with Gasteiger partial charge in [-0.3, -0.25) is 4.98 Å². The Morgan fingerprint density at radius 2 is 2.12 bits per heavy atom. The lowest BCUT2D eigenvalue weighted by atomic mass is 10.1. The Labute approximate surface area is 150 Å². The Morgan fingerprint density at radius 3 is 2.84 bits per heavy atom. The van der Waals surface area contributed by atoms with Crippen LogP contribution in [0.1, 0.15) is 41.1 Å². The number of rotatable bonds is 6.